The summed E-state index contributed by atoms with van der Waals surface area (Å²) in [4.78, 5) is 14.5. The number of para-hydroxylation sites is 1. The SMILES string of the molecule is CN(CC1CCNCC1)C(=O)c1cccc2c1OCCO2.Cl. The number of nitrogens with zero attached hydrogens (tertiary/aromatic N) is 1. The molecule has 0 radical (unpaired) electrons. The van der Waals surface area contributed by atoms with E-state index in [1.807, 2.05) is 30.1 Å². The molecule has 0 spiro atoms. The smallest absolute Gasteiger partial charge is 0.257 e. The number of nitrogens with one attached hydrogen (secondary N) is 1. The van der Waals surface area contributed by atoms with Crippen molar-refractivity contribution >= 4 is 18.3 Å². The van der Waals surface area contributed by atoms with Gasteiger partial charge in [0.1, 0.15) is 13.2 Å². The lowest BCUT2D eigenvalue weighted by Gasteiger charge is -2.28. The van der Waals surface area contributed by atoms with Crippen molar-refractivity contribution in [3.05, 3.63) is 23.8 Å². The Morgan fingerprint density at radius 3 is 2.77 bits per heavy atom. The number of carbonyl (C=O) groups excluding carboxylic acids is 1. The second-order valence-corrected chi connectivity index (χ2v) is 5.71. The summed E-state index contributed by atoms with van der Waals surface area (Å²) in [5.74, 6) is 1.85. The van der Waals surface area contributed by atoms with Crippen LogP contribution in [0.15, 0.2) is 18.2 Å². The Labute approximate surface area is 137 Å². The molecule has 6 heteroatoms. The van der Waals surface area contributed by atoms with Crippen LogP contribution in [0.4, 0.5) is 0 Å². The maximum atomic E-state index is 12.7. The lowest BCUT2D eigenvalue weighted by molar-refractivity contribution is 0.0752. The Balaban J connectivity index is 0.00000176. The number of ether oxygens (including phenoxy) is 2. The molecule has 1 saturated heterocycles. The van der Waals surface area contributed by atoms with E-state index >= 15 is 0 Å². The maximum absolute atomic E-state index is 12.7. The molecule has 0 unspecified atom stereocenters. The number of piperidine rings is 1. The van der Waals surface area contributed by atoms with E-state index in [4.69, 9.17) is 9.47 Å². The Hall–Kier alpha value is -1.46. The number of benzene rings is 1. The summed E-state index contributed by atoms with van der Waals surface area (Å²) in [5, 5.41) is 3.35. The highest BCUT2D eigenvalue weighted by molar-refractivity contribution is 5.97. The molecule has 1 aromatic carbocycles. The highest BCUT2D eigenvalue weighted by Crippen LogP contribution is 2.34. The van der Waals surface area contributed by atoms with E-state index < -0.39 is 0 Å². The van der Waals surface area contributed by atoms with Crippen LogP contribution in [0.2, 0.25) is 0 Å². The third kappa shape index (κ3) is 3.65. The Morgan fingerprint density at radius 2 is 2.00 bits per heavy atom. The second-order valence-electron chi connectivity index (χ2n) is 5.71. The number of fused-ring (bicyclic) bond motifs is 1. The van der Waals surface area contributed by atoms with E-state index in [1.54, 1.807) is 0 Å². The fourth-order valence-electron chi connectivity index (χ4n) is 2.98. The van der Waals surface area contributed by atoms with Crippen LogP contribution >= 0.6 is 12.4 Å². The monoisotopic (exact) mass is 326 g/mol. The molecular formula is C16H23ClN2O3. The van der Waals surface area contributed by atoms with Crippen LogP contribution in [0, 0.1) is 5.92 Å². The topological polar surface area (TPSA) is 50.8 Å². The van der Waals surface area contributed by atoms with E-state index in [1.165, 1.54) is 0 Å². The number of halogens is 1. The summed E-state index contributed by atoms with van der Waals surface area (Å²) in [6.07, 6.45) is 2.26. The standard InChI is InChI=1S/C16H22N2O3.ClH/c1-18(11-12-5-7-17-8-6-12)16(19)13-3-2-4-14-15(13)21-10-9-20-14;/h2-4,12,17H,5-11H2,1H3;1H. The molecule has 0 atom stereocenters. The van der Waals surface area contributed by atoms with Crippen molar-refractivity contribution in [2.45, 2.75) is 12.8 Å². The molecule has 22 heavy (non-hydrogen) atoms. The molecule has 2 aliphatic heterocycles. The maximum Gasteiger partial charge on any atom is 0.257 e. The number of hydrogen-bond acceptors (Lipinski definition) is 4. The van der Waals surface area contributed by atoms with E-state index in [2.05, 4.69) is 5.32 Å². The third-order valence-corrected chi connectivity index (χ3v) is 4.13. The largest absolute Gasteiger partial charge is 0.486 e. The van der Waals surface area contributed by atoms with E-state index in [-0.39, 0.29) is 18.3 Å². The third-order valence-electron chi connectivity index (χ3n) is 4.13. The first-order valence-electron chi connectivity index (χ1n) is 7.60. The quantitative estimate of drug-likeness (QED) is 0.922. The summed E-state index contributed by atoms with van der Waals surface area (Å²) in [7, 11) is 1.87. The average Bonchev–Trinajstić information content (AvgIpc) is 2.54. The number of rotatable bonds is 3. The predicted molar refractivity (Wildman–Crippen MR) is 87.2 cm³/mol. The van der Waals surface area contributed by atoms with Crippen molar-refractivity contribution in [2.24, 2.45) is 5.92 Å². The van der Waals surface area contributed by atoms with Gasteiger partial charge in [0.05, 0.1) is 5.56 Å². The van der Waals surface area contributed by atoms with Gasteiger partial charge < -0.3 is 19.7 Å². The van der Waals surface area contributed by atoms with Gasteiger partial charge >= 0.3 is 0 Å². The summed E-state index contributed by atoms with van der Waals surface area (Å²) in [6.45, 7) is 3.92. The fraction of sp³-hybridized carbons (Fsp3) is 0.562. The van der Waals surface area contributed by atoms with Crippen LogP contribution in [0.25, 0.3) is 0 Å². The zero-order chi connectivity index (χ0) is 14.7. The Kier molecular flexibility index (Phi) is 5.91. The molecule has 122 valence electrons. The summed E-state index contributed by atoms with van der Waals surface area (Å²) in [6, 6.07) is 5.51. The zero-order valence-corrected chi connectivity index (χ0v) is 13.7. The molecule has 1 fully saturated rings. The van der Waals surface area contributed by atoms with Crippen LogP contribution in [0.3, 0.4) is 0 Å². The first-order chi connectivity index (χ1) is 10.3. The van der Waals surface area contributed by atoms with Gasteiger partial charge in [0.15, 0.2) is 11.5 Å². The van der Waals surface area contributed by atoms with Gasteiger partial charge in [0.25, 0.3) is 5.91 Å². The van der Waals surface area contributed by atoms with Crippen molar-refractivity contribution < 1.29 is 14.3 Å². The molecule has 1 aromatic rings. The summed E-state index contributed by atoms with van der Waals surface area (Å²) < 4.78 is 11.2. The van der Waals surface area contributed by atoms with Gasteiger partial charge in [-0.2, -0.15) is 0 Å². The predicted octanol–water partition coefficient (Wildman–Crippen LogP) is 1.95. The Morgan fingerprint density at radius 1 is 1.27 bits per heavy atom. The summed E-state index contributed by atoms with van der Waals surface area (Å²) >= 11 is 0. The molecule has 0 bridgehead atoms. The van der Waals surface area contributed by atoms with Gasteiger partial charge in [-0.05, 0) is 44.0 Å². The first kappa shape index (κ1) is 16.9. The minimum Gasteiger partial charge on any atom is -0.486 e. The van der Waals surface area contributed by atoms with Gasteiger partial charge in [-0.15, -0.1) is 12.4 Å². The number of amides is 1. The van der Waals surface area contributed by atoms with Gasteiger partial charge in [-0.3, -0.25) is 4.79 Å². The van der Waals surface area contributed by atoms with Crippen LogP contribution in [-0.2, 0) is 0 Å². The molecule has 0 saturated carbocycles. The van der Waals surface area contributed by atoms with Gasteiger partial charge in [-0.25, -0.2) is 0 Å². The normalized spacial score (nSPS) is 17.5. The van der Waals surface area contributed by atoms with E-state index in [9.17, 15) is 4.79 Å². The summed E-state index contributed by atoms with van der Waals surface area (Å²) in [5.41, 5.74) is 0.601. The minimum absolute atomic E-state index is 0. The molecule has 2 heterocycles. The molecular weight excluding hydrogens is 304 g/mol. The molecule has 1 amide bonds. The van der Waals surface area contributed by atoms with Crippen molar-refractivity contribution in [1.82, 2.24) is 10.2 Å². The highest BCUT2D eigenvalue weighted by atomic mass is 35.5. The fourth-order valence-corrected chi connectivity index (χ4v) is 2.98. The average molecular weight is 327 g/mol. The number of hydrogen-bond donors (Lipinski definition) is 1. The molecule has 2 aliphatic rings. The number of carbonyl (C=O) groups is 1. The zero-order valence-electron chi connectivity index (χ0n) is 12.8. The van der Waals surface area contributed by atoms with E-state index in [0.29, 0.717) is 36.2 Å². The first-order valence-corrected chi connectivity index (χ1v) is 7.60. The van der Waals surface area contributed by atoms with Crippen molar-refractivity contribution in [3.63, 3.8) is 0 Å². The van der Waals surface area contributed by atoms with Gasteiger partial charge in [-0.1, -0.05) is 6.07 Å². The lowest BCUT2D eigenvalue weighted by atomic mass is 9.97. The van der Waals surface area contributed by atoms with Crippen LogP contribution in [0.1, 0.15) is 23.2 Å². The lowest BCUT2D eigenvalue weighted by Crippen LogP contribution is -2.37. The van der Waals surface area contributed by atoms with Crippen molar-refractivity contribution in [2.75, 3.05) is 39.9 Å². The molecule has 1 N–H and O–H groups in total. The van der Waals surface area contributed by atoms with Crippen molar-refractivity contribution in [1.29, 1.82) is 0 Å². The minimum atomic E-state index is 0. The van der Waals surface area contributed by atoms with Crippen LogP contribution < -0.4 is 14.8 Å². The van der Waals surface area contributed by atoms with Crippen molar-refractivity contribution in [3.8, 4) is 11.5 Å². The van der Waals surface area contributed by atoms with Crippen LogP contribution in [-0.4, -0.2) is 50.7 Å². The molecule has 0 aromatic heterocycles. The van der Waals surface area contributed by atoms with E-state index in [0.717, 1.165) is 32.5 Å². The second kappa shape index (κ2) is 7.70. The highest BCUT2D eigenvalue weighted by Gasteiger charge is 2.24. The Bertz CT molecular complexity index is 518. The van der Waals surface area contributed by atoms with Crippen LogP contribution in [0.5, 0.6) is 11.5 Å². The molecule has 0 aliphatic carbocycles. The van der Waals surface area contributed by atoms with Gasteiger partial charge in [0, 0.05) is 13.6 Å². The molecule has 5 nitrogen and oxygen atoms in total. The molecule has 3 rings (SSSR count). The van der Waals surface area contributed by atoms with Gasteiger partial charge in [0.2, 0.25) is 0 Å².